The minimum atomic E-state index is -0.0495. The van der Waals surface area contributed by atoms with Crippen LogP contribution in [-0.4, -0.2) is 70.4 Å². The van der Waals surface area contributed by atoms with Crippen molar-refractivity contribution in [2.75, 3.05) is 33.8 Å². The summed E-state index contributed by atoms with van der Waals surface area (Å²) in [5.41, 5.74) is 1.45. The van der Waals surface area contributed by atoms with Crippen molar-refractivity contribution < 1.29 is 9.90 Å². The van der Waals surface area contributed by atoms with Crippen molar-refractivity contribution in [3.8, 4) is 0 Å². The molecule has 1 aromatic heterocycles. The standard InChI is InChI=1S/C13H22N4O2/c1-9-5-11(14-16(9)4)13(19)17-6-10(8-18)12(7-17)15(2)3/h5,10,12,18H,6-8H2,1-4H3/t10-,12+/m0/s1. The number of nitrogens with zero attached hydrogens (tertiary/aromatic N) is 4. The molecule has 19 heavy (non-hydrogen) atoms. The zero-order valence-electron chi connectivity index (χ0n) is 12.0. The summed E-state index contributed by atoms with van der Waals surface area (Å²) in [6.45, 7) is 3.27. The molecule has 1 saturated heterocycles. The fourth-order valence-corrected chi connectivity index (χ4v) is 2.61. The topological polar surface area (TPSA) is 61.6 Å². The summed E-state index contributed by atoms with van der Waals surface area (Å²) in [5, 5.41) is 13.6. The second-order valence-corrected chi connectivity index (χ2v) is 5.48. The van der Waals surface area contributed by atoms with Gasteiger partial charge in [-0.15, -0.1) is 0 Å². The Morgan fingerprint density at radius 2 is 2.21 bits per heavy atom. The third kappa shape index (κ3) is 2.64. The maximum absolute atomic E-state index is 12.4. The van der Waals surface area contributed by atoms with E-state index in [2.05, 4.69) is 10.00 Å². The van der Waals surface area contributed by atoms with Crippen LogP contribution in [0.4, 0.5) is 0 Å². The molecule has 2 atom stereocenters. The van der Waals surface area contributed by atoms with E-state index >= 15 is 0 Å². The second kappa shape index (κ2) is 5.30. The fraction of sp³-hybridized carbons (Fsp3) is 0.692. The van der Waals surface area contributed by atoms with Crippen LogP contribution in [0.1, 0.15) is 16.2 Å². The van der Waals surface area contributed by atoms with E-state index in [-0.39, 0.29) is 24.5 Å². The lowest BCUT2D eigenvalue weighted by Crippen LogP contribution is -2.37. The molecule has 1 aromatic rings. The Hall–Kier alpha value is -1.40. The summed E-state index contributed by atoms with van der Waals surface area (Å²) in [6.07, 6.45) is 0. The van der Waals surface area contributed by atoms with Gasteiger partial charge >= 0.3 is 0 Å². The molecule has 1 N–H and O–H groups in total. The van der Waals surface area contributed by atoms with Crippen LogP contribution in [0.3, 0.4) is 0 Å². The van der Waals surface area contributed by atoms with Crippen LogP contribution in [0.15, 0.2) is 6.07 Å². The number of aliphatic hydroxyl groups excluding tert-OH is 1. The molecule has 0 unspecified atom stereocenters. The van der Waals surface area contributed by atoms with E-state index in [0.29, 0.717) is 18.8 Å². The molecule has 0 spiro atoms. The Bertz CT molecular complexity index is 450. The van der Waals surface area contributed by atoms with E-state index in [0.717, 1.165) is 5.69 Å². The minimum Gasteiger partial charge on any atom is -0.396 e. The number of carbonyl (C=O) groups excluding carboxylic acids is 1. The zero-order chi connectivity index (χ0) is 14.2. The van der Waals surface area contributed by atoms with Gasteiger partial charge in [-0.2, -0.15) is 5.10 Å². The van der Waals surface area contributed by atoms with Crippen molar-refractivity contribution in [3.05, 3.63) is 17.5 Å². The molecule has 0 aliphatic carbocycles. The molecule has 1 aliphatic heterocycles. The maximum Gasteiger partial charge on any atom is 0.274 e. The average Bonchev–Trinajstić information content (AvgIpc) is 2.93. The van der Waals surface area contributed by atoms with Crippen LogP contribution in [0.2, 0.25) is 0 Å². The van der Waals surface area contributed by atoms with Crippen LogP contribution in [0.5, 0.6) is 0 Å². The normalized spacial score (nSPS) is 23.4. The van der Waals surface area contributed by atoms with Gasteiger partial charge in [0.15, 0.2) is 5.69 Å². The van der Waals surface area contributed by atoms with Gasteiger partial charge in [0.2, 0.25) is 0 Å². The van der Waals surface area contributed by atoms with Crippen LogP contribution < -0.4 is 0 Å². The number of aryl methyl sites for hydroxylation is 2. The van der Waals surface area contributed by atoms with Gasteiger partial charge in [0.1, 0.15) is 0 Å². The summed E-state index contributed by atoms with van der Waals surface area (Å²) in [7, 11) is 5.79. The Balaban J connectivity index is 2.13. The summed E-state index contributed by atoms with van der Waals surface area (Å²) < 4.78 is 1.70. The van der Waals surface area contributed by atoms with Gasteiger partial charge in [0.25, 0.3) is 5.91 Å². The molecule has 106 valence electrons. The van der Waals surface area contributed by atoms with Gasteiger partial charge < -0.3 is 14.9 Å². The van der Waals surface area contributed by atoms with Crippen LogP contribution in [0.25, 0.3) is 0 Å². The van der Waals surface area contributed by atoms with Crippen LogP contribution in [-0.2, 0) is 7.05 Å². The van der Waals surface area contributed by atoms with Gasteiger partial charge in [-0.3, -0.25) is 9.48 Å². The highest BCUT2D eigenvalue weighted by Crippen LogP contribution is 2.22. The highest BCUT2D eigenvalue weighted by molar-refractivity contribution is 5.92. The first kappa shape index (κ1) is 14.0. The predicted octanol–water partition coefficient (Wildman–Crippen LogP) is -0.277. The van der Waals surface area contributed by atoms with Gasteiger partial charge in [-0.05, 0) is 27.1 Å². The summed E-state index contributed by atoms with van der Waals surface area (Å²) in [5.74, 6) is 0.0651. The largest absolute Gasteiger partial charge is 0.396 e. The lowest BCUT2D eigenvalue weighted by Gasteiger charge is -2.23. The molecule has 6 heteroatoms. The van der Waals surface area contributed by atoms with Gasteiger partial charge in [0.05, 0.1) is 0 Å². The minimum absolute atomic E-state index is 0.0495. The molecule has 1 fully saturated rings. The van der Waals surface area contributed by atoms with Crippen molar-refractivity contribution in [2.45, 2.75) is 13.0 Å². The molecule has 1 amide bonds. The van der Waals surface area contributed by atoms with Crippen LogP contribution in [0, 0.1) is 12.8 Å². The van der Waals surface area contributed by atoms with Gasteiger partial charge in [-0.25, -0.2) is 0 Å². The van der Waals surface area contributed by atoms with E-state index < -0.39 is 0 Å². The Morgan fingerprint density at radius 1 is 1.53 bits per heavy atom. The molecular weight excluding hydrogens is 244 g/mol. The number of carbonyl (C=O) groups is 1. The number of rotatable bonds is 3. The number of likely N-dealkylation sites (N-methyl/N-ethyl adjacent to an activating group) is 1. The molecule has 0 bridgehead atoms. The number of hydrogen-bond acceptors (Lipinski definition) is 4. The zero-order valence-corrected chi connectivity index (χ0v) is 12.0. The van der Waals surface area contributed by atoms with E-state index in [1.807, 2.05) is 28.1 Å². The third-order valence-corrected chi connectivity index (χ3v) is 3.92. The summed E-state index contributed by atoms with van der Waals surface area (Å²) >= 11 is 0. The molecular formula is C13H22N4O2. The van der Waals surface area contributed by atoms with Crippen LogP contribution >= 0.6 is 0 Å². The number of aromatic nitrogens is 2. The number of likely N-dealkylation sites (tertiary alicyclic amines) is 1. The molecule has 6 nitrogen and oxygen atoms in total. The van der Waals surface area contributed by atoms with Crippen molar-refractivity contribution in [1.82, 2.24) is 19.6 Å². The van der Waals surface area contributed by atoms with E-state index in [1.54, 1.807) is 15.6 Å². The quantitative estimate of drug-likeness (QED) is 0.817. The second-order valence-electron chi connectivity index (χ2n) is 5.48. The maximum atomic E-state index is 12.4. The fourth-order valence-electron chi connectivity index (χ4n) is 2.61. The number of hydrogen-bond donors (Lipinski definition) is 1. The van der Waals surface area contributed by atoms with Crippen molar-refractivity contribution >= 4 is 5.91 Å². The average molecular weight is 266 g/mol. The van der Waals surface area contributed by atoms with Crippen molar-refractivity contribution in [1.29, 1.82) is 0 Å². The molecule has 2 rings (SSSR count). The third-order valence-electron chi connectivity index (χ3n) is 3.92. The number of amides is 1. The summed E-state index contributed by atoms with van der Waals surface area (Å²) in [4.78, 5) is 16.2. The molecule has 0 saturated carbocycles. The number of aliphatic hydroxyl groups is 1. The smallest absolute Gasteiger partial charge is 0.274 e. The lowest BCUT2D eigenvalue weighted by atomic mass is 10.0. The Kier molecular flexibility index (Phi) is 3.91. The van der Waals surface area contributed by atoms with Gasteiger partial charge in [0, 0.05) is 44.4 Å². The van der Waals surface area contributed by atoms with E-state index in [1.165, 1.54) is 0 Å². The summed E-state index contributed by atoms with van der Waals surface area (Å²) in [6, 6.07) is 2.01. The van der Waals surface area contributed by atoms with E-state index in [9.17, 15) is 9.90 Å². The molecule has 1 aliphatic rings. The lowest BCUT2D eigenvalue weighted by molar-refractivity contribution is 0.0772. The molecule has 2 heterocycles. The SMILES string of the molecule is Cc1cc(C(=O)N2C[C@@H](CO)[C@H](N(C)C)C2)nn1C. The predicted molar refractivity (Wildman–Crippen MR) is 71.9 cm³/mol. The van der Waals surface area contributed by atoms with Gasteiger partial charge in [-0.1, -0.05) is 0 Å². The first-order valence-electron chi connectivity index (χ1n) is 6.51. The highest BCUT2D eigenvalue weighted by atomic mass is 16.3. The Labute approximate surface area is 113 Å². The van der Waals surface area contributed by atoms with E-state index in [4.69, 9.17) is 0 Å². The molecule has 0 aromatic carbocycles. The highest BCUT2D eigenvalue weighted by Gasteiger charge is 2.36. The first-order chi connectivity index (χ1) is 8.93. The first-order valence-corrected chi connectivity index (χ1v) is 6.51. The van der Waals surface area contributed by atoms with Crippen molar-refractivity contribution in [2.24, 2.45) is 13.0 Å². The van der Waals surface area contributed by atoms with Crippen molar-refractivity contribution in [3.63, 3.8) is 0 Å². The monoisotopic (exact) mass is 266 g/mol. The molecule has 0 radical (unpaired) electrons. The Morgan fingerprint density at radius 3 is 2.63 bits per heavy atom.